The Morgan fingerprint density at radius 3 is 2.42 bits per heavy atom. The molecule has 62 valence electrons. The zero-order valence-electron chi connectivity index (χ0n) is 6.36. The summed E-state index contributed by atoms with van der Waals surface area (Å²) in [5.74, 6) is -0.307. The van der Waals surface area contributed by atoms with Gasteiger partial charge in [-0.1, -0.05) is 12.1 Å². The molecule has 0 bridgehead atoms. The van der Waals surface area contributed by atoms with Crippen molar-refractivity contribution in [2.45, 2.75) is 6.42 Å². The van der Waals surface area contributed by atoms with E-state index in [0.717, 1.165) is 5.56 Å². The third-order valence-corrected chi connectivity index (χ3v) is 1.45. The fourth-order valence-electron chi connectivity index (χ4n) is 0.857. The first-order valence-corrected chi connectivity index (χ1v) is 3.48. The fraction of sp³-hybridized carbons (Fsp3) is 0.111. The second-order valence-electron chi connectivity index (χ2n) is 2.43. The van der Waals surface area contributed by atoms with Gasteiger partial charge in [-0.2, -0.15) is 0 Å². The zero-order valence-corrected chi connectivity index (χ0v) is 6.36. The average molecular weight is 164 g/mol. The van der Waals surface area contributed by atoms with Crippen LogP contribution in [0.5, 0.6) is 5.75 Å². The van der Waals surface area contributed by atoms with Crippen molar-refractivity contribution in [1.82, 2.24) is 0 Å². The first kappa shape index (κ1) is 8.46. The highest BCUT2D eigenvalue weighted by atomic mass is 16.3. The van der Waals surface area contributed by atoms with Gasteiger partial charge in [-0.05, 0) is 17.7 Å². The smallest absolute Gasteiger partial charge is 0.199 e. The van der Waals surface area contributed by atoms with Crippen LogP contribution < -0.4 is 0 Å². The maximum Gasteiger partial charge on any atom is 0.199 e. The van der Waals surface area contributed by atoms with Crippen molar-refractivity contribution >= 4 is 12.1 Å². The molecule has 0 saturated heterocycles. The van der Waals surface area contributed by atoms with E-state index in [0.29, 0.717) is 6.29 Å². The number of carbonyl (C=O) groups is 2. The van der Waals surface area contributed by atoms with E-state index in [1.54, 1.807) is 12.1 Å². The van der Waals surface area contributed by atoms with Gasteiger partial charge in [0.05, 0.1) is 0 Å². The predicted octanol–water partition coefficient (Wildman–Crippen LogP) is 0.703. The molecule has 0 heterocycles. The Kier molecular flexibility index (Phi) is 2.58. The Hall–Kier alpha value is -1.64. The summed E-state index contributed by atoms with van der Waals surface area (Å²) in [5.41, 5.74) is 0.727. The van der Waals surface area contributed by atoms with Crippen LogP contribution >= 0.6 is 0 Å². The normalized spacial score (nSPS) is 9.33. The van der Waals surface area contributed by atoms with Crippen LogP contribution in [0.25, 0.3) is 0 Å². The van der Waals surface area contributed by atoms with Gasteiger partial charge in [0.25, 0.3) is 0 Å². The molecule has 0 fully saturated rings. The molecule has 0 unspecified atom stereocenters. The highest BCUT2D eigenvalue weighted by Crippen LogP contribution is 2.09. The highest BCUT2D eigenvalue weighted by Gasteiger charge is 2.00. The Balaban J connectivity index is 2.71. The molecule has 0 aliphatic carbocycles. The number of Topliss-reactive ketones (excluding diaryl/α,β-unsaturated/α-hetero) is 1. The second-order valence-corrected chi connectivity index (χ2v) is 2.43. The van der Waals surface area contributed by atoms with E-state index >= 15 is 0 Å². The largest absolute Gasteiger partial charge is 0.508 e. The Morgan fingerprint density at radius 1 is 1.33 bits per heavy atom. The number of phenols is 1. The van der Waals surface area contributed by atoms with E-state index in [4.69, 9.17) is 5.11 Å². The first-order chi connectivity index (χ1) is 5.72. The van der Waals surface area contributed by atoms with E-state index < -0.39 is 5.78 Å². The lowest BCUT2D eigenvalue weighted by Crippen LogP contribution is -2.02. The van der Waals surface area contributed by atoms with E-state index in [1.807, 2.05) is 0 Å². The zero-order chi connectivity index (χ0) is 8.97. The van der Waals surface area contributed by atoms with Crippen LogP contribution in [-0.2, 0) is 16.0 Å². The van der Waals surface area contributed by atoms with Crippen LogP contribution in [-0.4, -0.2) is 17.2 Å². The molecule has 1 aromatic carbocycles. The molecule has 0 radical (unpaired) electrons. The molecule has 0 spiro atoms. The Morgan fingerprint density at radius 2 is 1.92 bits per heavy atom. The van der Waals surface area contributed by atoms with Crippen LogP contribution in [0.15, 0.2) is 24.3 Å². The number of hydrogen-bond donors (Lipinski definition) is 1. The van der Waals surface area contributed by atoms with Crippen molar-refractivity contribution in [3.8, 4) is 5.75 Å². The van der Waals surface area contributed by atoms with E-state index in [1.165, 1.54) is 12.1 Å². The molecule has 1 N–H and O–H groups in total. The summed E-state index contributed by atoms with van der Waals surface area (Å²) >= 11 is 0. The van der Waals surface area contributed by atoms with Crippen molar-refractivity contribution in [3.05, 3.63) is 29.8 Å². The summed E-state index contributed by atoms with van der Waals surface area (Å²) in [4.78, 5) is 20.6. The topological polar surface area (TPSA) is 54.4 Å². The molecule has 0 saturated carbocycles. The van der Waals surface area contributed by atoms with E-state index in [-0.39, 0.29) is 12.2 Å². The third kappa shape index (κ3) is 2.20. The van der Waals surface area contributed by atoms with Gasteiger partial charge < -0.3 is 5.11 Å². The third-order valence-electron chi connectivity index (χ3n) is 1.45. The standard InChI is InChI=1S/C9H8O3/c10-6-9(12)5-7-1-3-8(11)4-2-7/h1-4,6,11H,5H2. The molecule has 0 aliphatic rings. The number of ketones is 1. The predicted molar refractivity (Wildman–Crippen MR) is 42.9 cm³/mol. The summed E-state index contributed by atoms with van der Waals surface area (Å²) in [7, 11) is 0. The van der Waals surface area contributed by atoms with Gasteiger partial charge in [0.2, 0.25) is 0 Å². The number of carbonyl (C=O) groups excluding carboxylic acids is 2. The molecule has 1 aromatic rings. The molecule has 3 heteroatoms. The second kappa shape index (κ2) is 3.67. The molecule has 0 aliphatic heterocycles. The van der Waals surface area contributed by atoms with Gasteiger partial charge in [0, 0.05) is 6.42 Å². The SMILES string of the molecule is O=CC(=O)Cc1ccc(O)cc1. The molecular formula is C9H8O3. The number of phenolic OH excluding ortho intramolecular Hbond substituents is 1. The molecule has 3 nitrogen and oxygen atoms in total. The van der Waals surface area contributed by atoms with E-state index in [2.05, 4.69) is 0 Å². The van der Waals surface area contributed by atoms with Crippen molar-refractivity contribution in [1.29, 1.82) is 0 Å². The molecule has 0 amide bonds. The van der Waals surface area contributed by atoms with Gasteiger partial charge in [-0.15, -0.1) is 0 Å². The number of aromatic hydroxyl groups is 1. The molecule has 12 heavy (non-hydrogen) atoms. The van der Waals surface area contributed by atoms with E-state index in [9.17, 15) is 9.59 Å². The number of rotatable bonds is 3. The van der Waals surface area contributed by atoms with Crippen LogP contribution in [0.3, 0.4) is 0 Å². The van der Waals surface area contributed by atoms with Crippen LogP contribution in [0.1, 0.15) is 5.56 Å². The van der Waals surface area contributed by atoms with Gasteiger partial charge in [0.1, 0.15) is 5.75 Å². The lowest BCUT2D eigenvalue weighted by atomic mass is 10.1. The minimum absolute atomic E-state index is 0.101. The Bertz CT molecular complexity index is 287. The van der Waals surface area contributed by atoms with Gasteiger partial charge in [-0.25, -0.2) is 0 Å². The summed E-state index contributed by atoms with van der Waals surface area (Å²) in [6.45, 7) is 0. The molecule has 0 atom stereocenters. The summed E-state index contributed by atoms with van der Waals surface area (Å²) in [6.07, 6.45) is 0.399. The molecular weight excluding hydrogens is 156 g/mol. The summed E-state index contributed by atoms with van der Waals surface area (Å²) in [5, 5.41) is 8.89. The number of hydrogen-bond acceptors (Lipinski definition) is 3. The first-order valence-electron chi connectivity index (χ1n) is 3.48. The number of aldehydes is 1. The molecule has 0 aromatic heterocycles. The van der Waals surface area contributed by atoms with Crippen LogP contribution in [0.2, 0.25) is 0 Å². The maximum atomic E-state index is 10.6. The van der Waals surface area contributed by atoms with Crippen molar-refractivity contribution in [3.63, 3.8) is 0 Å². The quantitative estimate of drug-likeness (QED) is 0.528. The lowest BCUT2D eigenvalue weighted by molar-refractivity contribution is -0.129. The lowest BCUT2D eigenvalue weighted by Gasteiger charge is -1.95. The van der Waals surface area contributed by atoms with Gasteiger partial charge in [0.15, 0.2) is 12.1 Å². The van der Waals surface area contributed by atoms with Crippen molar-refractivity contribution < 1.29 is 14.7 Å². The summed E-state index contributed by atoms with van der Waals surface area (Å²) < 4.78 is 0. The van der Waals surface area contributed by atoms with Crippen LogP contribution in [0.4, 0.5) is 0 Å². The number of benzene rings is 1. The summed E-state index contributed by atoms with van der Waals surface area (Å²) in [6, 6.07) is 6.17. The molecule has 1 rings (SSSR count). The van der Waals surface area contributed by atoms with Crippen molar-refractivity contribution in [2.75, 3.05) is 0 Å². The minimum Gasteiger partial charge on any atom is -0.508 e. The fourth-order valence-corrected chi connectivity index (χ4v) is 0.857. The maximum absolute atomic E-state index is 10.6. The van der Waals surface area contributed by atoms with Crippen LogP contribution in [0, 0.1) is 0 Å². The minimum atomic E-state index is -0.458. The van der Waals surface area contributed by atoms with Crippen molar-refractivity contribution in [2.24, 2.45) is 0 Å². The van der Waals surface area contributed by atoms with Gasteiger partial charge >= 0.3 is 0 Å². The monoisotopic (exact) mass is 164 g/mol. The highest BCUT2D eigenvalue weighted by molar-refractivity contribution is 6.25. The average Bonchev–Trinajstić information content (AvgIpc) is 2.09. The van der Waals surface area contributed by atoms with Gasteiger partial charge in [-0.3, -0.25) is 9.59 Å². The Labute approximate surface area is 69.6 Å².